The highest BCUT2D eigenvalue weighted by molar-refractivity contribution is 5.83. The normalized spacial score (nSPS) is 18.8. The van der Waals surface area contributed by atoms with Crippen LogP contribution in [-0.2, 0) is 16.0 Å². The third kappa shape index (κ3) is 4.05. The Balaban J connectivity index is 1.76. The molecule has 1 aliphatic rings. The van der Waals surface area contributed by atoms with Gasteiger partial charge in [0, 0.05) is 38.4 Å². The first-order valence-electron chi connectivity index (χ1n) is 7.89. The van der Waals surface area contributed by atoms with Gasteiger partial charge in [-0.05, 0) is 13.3 Å². The molecule has 22 heavy (non-hydrogen) atoms. The predicted molar refractivity (Wildman–Crippen MR) is 80.1 cm³/mol. The zero-order valence-corrected chi connectivity index (χ0v) is 13.5. The summed E-state index contributed by atoms with van der Waals surface area (Å²) in [5.74, 6) is 1.47. The number of aromatic nitrogens is 2. The molecule has 7 nitrogen and oxygen atoms in total. The lowest BCUT2D eigenvalue weighted by Gasteiger charge is -2.30. The second-order valence-corrected chi connectivity index (χ2v) is 5.91. The topological polar surface area (TPSA) is 88.3 Å². The van der Waals surface area contributed by atoms with Crippen molar-refractivity contribution in [2.45, 2.75) is 46.0 Å². The van der Waals surface area contributed by atoms with E-state index < -0.39 is 0 Å². The van der Waals surface area contributed by atoms with Gasteiger partial charge in [-0.25, -0.2) is 0 Å². The molecule has 1 saturated heterocycles. The Labute approximate surface area is 130 Å². The maximum absolute atomic E-state index is 12.2. The fourth-order valence-electron chi connectivity index (χ4n) is 2.48. The number of likely N-dealkylation sites (tertiary alicyclic amines) is 1. The minimum atomic E-state index is -0.119. The van der Waals surface area contributed by atoms with Gasteiger partial charge in [-0.1, -0.05) is 19.0 Å². The average molecular weight is 308 g/mol. The minimum Gasteiger partial charge on any atom is -0.355 e. The summed E-state index contributed by atoms with van der Waals surface area (Å²) in [5, 5.41) is 6.78. The molecule has 1 aliphatic heterocycles. The van der Waals surface area contributed by atoms with Crippen LogP contribution in [0.2, 0.25) is 0 Å². The van der Waals surface area contributed by atoms with Crippen LogP contribution >= 0.6 is 0 Å². The van der Waals surface area contributed by atoms with E-state index >= 15 is 0 Å². The first-order valence-corrected chi connectivity index (χ1v) is 7.89. The highest BCUT2D eigenvalue weighted by Gasteiger charge is 2.29. The lowest BCUT2D eigenvalue weighted by atomic mass is 9.96. The Morgan fingerprint density at radius 2 is 2.27 bits per heavy atom. The number of hydrogen-bond donors (Lipinski definition) is 1. The van der Waals surface area contributed by atoms with Gasteiger partial charge in [-0.2, -0.15) is 4.98 Å². The number of carbonyl (C=O) groups is 2. The van der Waals surface area contributed by atoms with E-state index in [4.69, 9.17) is 4.52 Å². The fraction of sp³-hybridized carbons (Fsp3) is 0.733. The number of piperidine rings is 1. The van der Waals surface area contributed by atoms with Crippen molar-refractivity contribution in [3.05, 3.63) is 11.7 Å². The van der Waals surface area contributed by atoms with Crippen molar-refractivity contribution in [2.75, 3.05) is 19.6 Å². The second kappa shape index (κ2) is 7.38. The van der Waals surface area contributed by atoms with E-state index in [9.17, 15) is 9.59 Å². The Hall–Kier alpha value is -1.92. The highest BCUT2D eigenvalue weighted by atomic mass is 16.5. The number of rotatable bonds is 6. The van der Waals surface area contributed by atoms with Crippen LogP contribution in [0.4, 0.5) is 0 Å². The van der Waals surface area contributed by atoms with Gasteiger partial charge in [0.05, 0.1) is 5.92 Å². The van der Waals surface area contributed by atoms with E-state index in [2.05, 4.69) is 15.5 Å². The van der Waals surface area contributed by atoms with E-state index in [1.54, 1.807) is 4.90 Å². The molecule has 1 fully saturated rings. The van der Waals surface area contributed by atoms with Gasteiger partial charge < -0.3 is 14.7 Å². The molecule has 2 heterocycles. The van der Waals surface area contributed by atoms with Gasteiger partial charge in [0.15, 0.2) is 5.82 Å². The maximum Gasteiger partial charge on any atom is 0.228 e. The van der Waals surface area contributed by atoms with E-state index in [1.165, 1.54) is 0 Å². The van der Waals surface area contributed by atoms with Gasteiger partial charge in [-0.15, -0.1) is 0 Å². The fourth-order valence-corrected chi connectivity index (χ4v) is 2.48. The third-order valence-corrected chi connectivity index (χ3v) is 3.89. The molecule has 7 heteroatoms. The van der Waals surface area contributed by atoms with Crippen LogP contribution in [-0.4, -0.2) is 46.5 Å². The number of nitrogens with zero attached hydrogens (tertiary/aromatic N) is 3. The summed E-state index contributed by atoms with van der Waals surface area (Å²) in [7, 11) is 0. The molecule has 0 radical (unpaired) electrons. The molecule has 1 N–H and O–H groups in total. The van der Waals surface area contributed by atoms with E-state index in [0.717, 1.165) is 0 Å². The van der Waals surface area contributed by atoms with Gasteiger partial charge in [0.2, 0.25) is 17.7 Å². The highest BCUT2D eigenvalue weighted by Crippen LogP contribution is 2.17. The Morgan fingerprint density at radius 1 is 1.50 bits per heavy atom. The number of amides is 2. The van der Waals surface area contributed by atoms with Crippen molar-refractivity contribution in [3.63, 3.8) is 0 Å². The molecule has 0 saturated carbocycles. The summed E-state index contributed by atoms with van der Waals surface area (Å²) in [5.41, 5.74) is 0. The van der Waals surface area contributed by atoms with Gasteiger partial charge in [0.25, 0.3) is 0 Å². The summed E-state index contributed by atoms with van der Waals surface area (Å²) >= 11 is 0. The standard InChI is InChI=1S/C15H24N4O3/c1-4-19-9-11(5-6-13(19)20)15(21)16-8-7-12-17-14(10(2)3)18-22-12/h10-11H,4-9H2,1-3H3,(H,16,21)/t11-/m1/s1. The van der Waals surface area contributed by atoms with Crippen molar-refractivity contribution in [2.24, 2.45) is 5.92 Å². The molecular weight excluding hydrogens is 284 g/mol. The lowest BCUT2D eigenvalue weighted by Crippen LogP contribution is -2.45. The molecule has 1 atom stereocenters. The molecular formula is C15H24N4O3. The molecule has 2 rings (SSSR count). The van der Waals surface area contributed by atoms with Crippen molar-refractivity contribution in [1.82, 2.24) is 20.4 Å². The summed E-state index contributed by atoms with van der Waals surface area (Å²) in [6, 6.07) is 0. The molecule has 0 unspecified atom stereocenters. The molecule has 1 aromatic rings. The Morgan fingerprint density at radius 3 is 2.91 bits per heavy atom. The second-order valence-electron chi connectivity index (χ2n) is 5.91. The smallest absolute Gasteiger partial charge is 0.228 e. The SMILES string of the molecule is CCN1C[C@H](C(=O)NCCc2nc(C(C)C)no2)CCC1=O. The van der Waals surface area contributed by atoms with Crippen LogP contribution in [0.25, 0.3) is 0 Å². The van der Waals surface area contributed by atoms with Gasteiger partial charge in [0.1, 0.15) is 0 Å². The van der Waals surface area contributed by atoms with Crippen LogP contribution in [0.5, 0.6) is 0 Å². The summed E-state index contributed by atoms with van der Waals surface area (Å²) in [6.45, 7) is 7.57. The minimum absolute atomic E-state index is 0.00505. The van der Waals surface area contributed by atoms with Crippen molar-refractivity contribution in [3.8, 4) is 0 Å². The molecule has 2 amide bonds. The maximum atomic E-state index is 12.2. The van der Waals surface area contributed by atoms with Crippen LogP contribution in [0.1, 0.15) is 51.2 Å². The first-order chi connectivity index (χ1) is 10.5. The molecule has 0 aromatic carbocycles. The zero-order chi connectivity index (χ0) is 16.1. The lowest BCUT2D eigenvalue weighted by molar-refractivity contribution is -0.138. The number of hydrogen-bond acceptors (Lipinski definition) is 5. The molecule has 0 bridgehead atoms. The molecule has 0 spiro atoms. The number of nitrogens with one attached hydrogen (secondary N) is 1. The van der Waals surface area contributed by atoms with Crippen molar-refractivity contribution in [1.29, 1.82) is 0 Å². The zero-order valence-electron chi connectivity index (χ0n) is 13.5. The van der Waals surface area contributed by atoms with Gasteiger partial charge >= 0.3 is 0 Å². The quantitative estimate of drug-likeness (QED) is 0.850. The molecule has 1 aromatic heterocycles. The molecule has 0 aliphatic carbocycles. The Kier molecular flexibility index (Phi) is 5.51. The van der Waals surface area contributed by atoms with Crippen molar-refractivity contribution < 1.29 is 14.1 Å². The Bertz CT molecular complexity index is 527. The van der Waals surface area contributed by atoms with E-state index in [1.807, 2.05) is 20.8 Å². The average Bonchev–Trinajstić information content (AvgIpc) is 2.96. The molecule has 122 valence electrons. The van der Waals surface area contributed by atoms with Crippen LogP contribution in [0.3, 0.4) is 0 Å². The summed E-state index contributed by atoms with van der Waals surface area (Å²) in [4.78, 5) is 29.8. The van der Waals surface area contributed by atoms with E-state index in [-0.39, 0.29) is 23.7 Å². The van der Waals surface area contributed by atoms with Crippen LogP contribution < -0.4 is 5.32 Å². The monoisotopic (exact) mass is 308 g/mol. The summed E-state index contributed by atoms with van der Waals surface area (Å²) in [6.07, 6.45) is 1.60. The predicted octanol–water partition coefficient (Wildman–Crippen LogP) is 1.11. The van der Waals surface area contributed by atoms with E-state index in [0.29, 0.717) is 50.6 Å². The van der Waals surface area contributed by atoms with Crippen molar-refractivity contribution >= 4 is 11.8 Å². The first kappa shape index (κ1) is 16.5. The van der Waals surface area contributed by atoms with Gasteiger partial charge in [-0.3, -0.25) is 9.59 Å². The number of carbonyl (C=O) groups excluding carboxylic acids is 2. The summed E-state index contributed by atoms with van der Waals surface area (Å²) < 4.78 is 5.14. The van der Waals surface area contributed by atoms with Crippen LogP contribution in [0, 0.1) is 5.92 Å². The van der Waals surface area contributed by atoms with Crippen LogP contribution in [0.15, 0.2) is 4.52 Å². The third-order valence-electron chi connectivity index (χ3n) is 3.89. The largest absolute Gasteiger partial charge is 0.355 e.